The summed E-state index contributed by atoms with van der Waals surface area (Å²) < 4.78 is 6.71. The molecule has 1 heterocycles. The van der Waals surface area contributed by atoms with Crippen molar-refractivity contribution in [3.63, 3.8) is 0 Å². The van der Waals surface area contributed by atoms with E-state index >= 15 is 0 Å². The van der Waals surface area contributed by atoms with Crippen LogP contribution in [0, 0.1) is 0 Å². The van der Waals surface area contributed by atoms with Gasteiger partial charge in [0.2, 0.25) is 0 Å². The number of benzene rings is 7. The van der Waals surface area contributed by atoms with Crippen molar-refractivity contribution < 1.29 is 4.74 Å². The molecule has 0 fully saturated rings. The minimum atomic E-state index is -0.519. The van der Waals surface area contributed by atoms with Crippen LogP contribution in [-0.2, 0) is 5.41 Å². The third kappa shape index (κ3) is 3.76. The summed E-state index contributed by atoms with van der Waals surface area (Å²) in [5.74, 6) is 1.78. The molecule has 2 heteroatoms. The fraction of sp³-hybridized carbons (Fsp3) is 0.0233. The van der Waals surface area contributed by atoms with Gasteiger partial charge in [-0.2, -0.15) is 0 Å². The van der Waals surface area contributed by atoms with Gasteiger partial charge in [0, 0.05) is 28.1 Å². The molecule has 1 aliphatic heterocycles. The smallest absolute Gasteiger partial charge is 0.132 e. The van der Waals surface area contributed by atoms with Gasteiger partial charge in [-0.3, -0.25) is 0 Å². The van der Waals surface area contributed by atoms with E-state index in [2.05, 4.69) is 181 Å². The maximum atomic E-state index is 6.71. The van der Waals surface area contributed by atoms with Gasteiger partial charge in [0.15, 0.2) is 0 Å². The topological polar surface area (TPSA) is 12.5 Å². The Morgan fingerprint density at radius 1 is 0.378 bits per heavy atom. The van der Waals surface area contributed by atoms with E-state index in [1.165, 1.54) is 38.9 Å². The van der Waals surface area contributed by atoms with E-state index in [1.54, 1.807) is 0 Å². The van der Waals surface area contributed by atoms with E-state index in [0.717, 1.165) is 34.1 Å². The second-order valence-electron chi connectivity index (χ2n) is 11.7. The lowest BCUT2D eigenvalue weighted by Gasteiger charge is -2.40. The quantitative estimate of drug-likeness (QED) is 0.207. The van der Waals surface area contributed by atoms with Gasteiger partial charge in [0.05, 0.1) is 11.1 Å². The number of ether oxygens (including phenoxy) is 1. The Morgan fingerprint density at radius 2 is 0.911 bits per heavy atom. The van der Waals surface area contributed by atoms with Crippen LogP contribution >= 0.6 is 0 Å². The summed E-state index contributed by atoms with van der Waals surface area (Å²) in [6, 6.07) is 63.0. The number of para-hydroxylation sites is 3. The van der Waals surface area contributed by atoms with Gasteiger partial charge in [-0.15, -0.1) is 0 Å². The van der Waals surface area contributed by atoms with E-state index in [-0.39, 0.29) is 0 Å². The van der Waals surface area contributed by atoms with Crippen molar-refractivity contribution in [1.29, 1.82) is 0 Å². The van der Waals surface area contributed by atoms with Crippen LogP contribution in [0.3, 0.4) is 0 Å². The predicted molar refractivity (Wildman–Crippen MR) is 184 cm³/mol. The Bertz CT molecular complexity index is 2160. The zero-order valence-electron chi connectivity index (χ0n) is 24.6. The summed E-state index contributed by atoms with van der Waals surface area (Å²) in [7, 11) is 0. The Balaban J connectivity index is 1.35. The second kappa shape index (κ2) is 10.1. The molecule has 1 spiro atoms. The molecule has 2 nitrogen and oxygen atoms in total. The molecule has 0 N–H and O–H groups in total. The van der Waals surface area contributed by atoms with Crippen molar-refractivity contribution in [2.75, 3.05) is 4.90 Å². The predicted octanol–water partition coefficient (Wildman–Crippen LogP) is 11.3. The normalized spacial score (nSPS) is 13.2. The van der Waals surface area contributed by atoms with Gasteiger partial charge >= 0.3 is 0 Å². The first kappa shape index (κ1) is 25.6. The fourth-order valence-corrected chi connectivity index (χ4v) is 7.52. The first-order valence-corrected chi connectivity index (χ1v) is 15.4. The number of anilines is 3. The molecule has 0 saturated heterocycles. The SMILES string of the molecule is c1ccc(-c2ccccc2N(c2ccccc2)c2ccc3c(c2)C2(c4ccccc4O3)c3ccccc3-c3ccccc32)cc1. The van der Waals surface area contributed by atoms with Crippen molar-refractivity contribution >= 4 is 17.1 Å². The molecule has 9 rings (SSSR count). The Morgan fingerprint density at radius 3 is 1.62 bits per heavy atom. The molecule has 7 aromatic rings. The van der Waals surface area contributed by atoms with Crippen molar-refractivity contribution in [1.82, 2.24) is 0 Å². The summed E-state index contributed by atoms with van der Waals surface area (Å²) >= 11 is 0. The Kier molecular flexibility index (Phi) is 5.76. The fourth-order valence-electron chi connectivity index (χ4n) is 7.52. The first-order valence-electron chi connectivity index (χ1n) is 15.4. The van der Waals surface area contributed by atoms with Gasteiger partial charge in [0.25, 0.3) is 0 Å². The van der Waals surface area contributed by atoms with Crippen molar-refractivity contribution in [2.24, 2.45) is 0 Å². The second-order valence-corrected chi connectivity index (χ2v) is 11.7. The molecule has 212 valence electrons. The first-order chi connectivity index (χ1) is 22.3. The maximum Gasteiger partial charge on any atom is 0.132 e. The van der Waals surface area contributed by atoms with Gasteiger partial charge in [-0.1, -0.05) is 133 Å². The van der Waals surface area contributed by atoms with Crippen LogP contribution in [0.4, 0.5) is 17.1 Å². The van der Waals surface area contributed by atoms with Crippen molar-refractivity contribution in [3.8, 4) is 33.8 Å². The maximum absolute atomic E-state index is 6.71. The van der Waals surface area contributed by atoms with E-state index < -0.39 is 5.41 Å². The monoisotopic (exact) mass is 575 g/mol. The summed E-state index contributed by atoms with van der Waals surface area (Å²) in [5, 5.41) is 0. The molecule has 1 aliphatic carbocycles. The van der Waals surface area contributed by atoms with Crippen molar-refractivity contribution in [2.45, 2.75) is 5.41 Å². The van der Waals surface area contributed by atoms with Crippen LogP contribution in [0.15, 0.2) is 176 Å². The van der Waals surface area contributed by atoms with Crippen molar-refractivity contribution in [3.05, 3.63) is 198 Å². The number of hydrogen-bond acceptors (Lipinski definition) is 2. The average molecular weight is 576 g/mol. The number of rotatable bonds is 4. The molecule has 7 aromatic carbocycles. The van der Waals surface area contributed by atoms with Crippen LogP contribution in [-0.4, -0.2) is 0 Å². The molecule has 0 bridgehead atoms. The molecular formula is C43H29NO. The number of nitrogens with zero attached hydrogens (tertiary/aromatic N) is 1. The molecular weight excluding hydrogens is 546 g/mol. The molecule has 0 atom stereocenters. The zero-order valence-corrected chi connectivity index (χ0v) is 24.6. The van der Waals surface area contributed by atoms with Gasteiger partial charge in [-0.05, 0) is 70.3 Å². The van der Waals surface area contributed by atoms with Crippen LogP contribution in [0.2, 0.25) is 0 Å². The molecule has 0 amide bonds. The van der Waals surface area contributed by atoms with E-state index in [0.29, 0.717) is 0 Å². The van der Waals surface area contributed by atoms with E-state index in [9.17, 15) is 0 Å². The molecule has 0 aromatic heterocycles. The highest BCUT2D eigenvalue weighted by Crippen LogP contribution is 2.62. The van der Waals surface area contributed by atoms with Crippen LogP contribution in [0.5, 0.6) is 11.5 Å². The lowest BCUT2D eigenvalue weighted by Crippen LogP contribution is -2.32. The molecule has 0 saturated carbocycles. The average Bonchev–Trinajstić information content (AvgIpc) is 3.41. The third-order valence-corrected chi connectivity index (χ3v) is 9.33. The Hall–Kier alpha value is -5.86. The standard InChI is InChI=1S/C43H29NO/c1-3-15-30(16-4-1)33-19-9-13-25-40(33)44(31-17-5-2-6-18-31)32-27-28-42-39(29-32)43(38-24-12-14-26-41(38)45-42)36-22-10-7-20-34(36)35-21-8-11-23-37(35)43/h1-29H. The van der Waals surface area contributed by atoms with E-state index in [1.807, 2.05) is 0 Å². The van der Waals surface area contributed by atoms with Gasteiger partial charge in [0.1, 0.15) is 11.5 Å². The van der Waals surface area contributed by atoms with Crippen LogP contribution in [0.25, 0.3) is 22.3 Å². The highest BCUT2D eigenvalue weighted by atomic mass is 16.5. The van der Waals surface area contributed by atoms with Crippen LogP contribution in [0.1, 0.15) is 22.3 Å². The van der Waals surface area contributed by atoms with Gasteiger partial charge < -0.3 is 9.64 Å². The number of fused-ring (bicyclic) bond motifs is 9. The Labute approximate surface area is 263 Å². The minimum Gasteiger partial charge on any atom is -0.457 e. The molecule has 45 heavy (non-hydrogen) atoms. The van der Waals surface area contributed by atoms with E-state index in [4.69, 9.17) is 4.74 Å². The molecule has 0 unspecified atom stereocenters. The summed E-state index contributed by atoms with van der Waals surface area (Å²) in [5.41, 5.74) is 12.6. The molecule has 2 aliphatic rings. The summed E-state index contributed by atoms with van der Waals surface area (Å²) in [4.78, 5) is 2.38. The summed E-state index contributed by atoms with van der Waals surface area (Å²) in [6.07, 6.45) is 0. The minimum absolute atomic E-state index is 0.519. The number of hydrogen-bond donors (Lipinski definition) is 0. The highest BCUT2D eigenvalue weighted by molar-refractivity contribution is 5.91. The lowest BCUT2D eigenvalue weighted by molar-refractivity contribution is 0.436. The largest absolute Gasteiger partial charge is 0.457 e. The lowest BCUT2D eigenvalue weighted by atomic mass is 9.66. The van der Waals surface area contributed by atoms with Crippen LogP contribution < -0.4 is 9.64 Å². The molecule has 0 radical (unpaired) electrons. The third-order valence-electron chi connectivity index (χ3n) is 9.33. The summed E-state index contributed by atoms with van der Waals surface area (Å²) in [6.45, 7) is 0. The highest BCUT2D eigenvalue weighted by Gasteiger charge is 2.51. The zero-order chi connectivity index (χ0) is 29.8. The van der Waals surface area contributed by atoms with Gasteiger partial charge in [-0.25, -0.2) is 0 Å².